The van der Waals surface area contributed by atoms with Crippen molar-refractivity contribution in [1.29, 1.82) is 0 Å². The topological polar surface area (TPSA) is 54.3 Å². The second kappa shape index (κ2) is 11.4. The lowest BCUT2D eigenvalue weighted by Gasteiger charge is -2.29. The molecule has 0 unspecified atom stereocenters. The zero-order valence-electron chi connectivity index (χ0n) is 23.0. The van der Waals surface area contributed by atoms with E-state index >= 15 is 0 Å². The summed E-state index contributed by atoms with van der Waals surface area (Å²) in [7, 11) is 0. The molecule has 0 atom stereocenters. The van der Waals surface area contributed by atoms with Gasteiger partial charge in [0.15, 0.2) is 5.11 Å². The maximum Gasteiger partial charge on any atom is 0.270 e. The van der Waals surface area contributed by atoms with Crippen molar-refractivity contribution in [3.05, 3.63) is 136 Å². The first-order chi connectivity index (χ1) is 20.3. The molecule has 1 aliphatic heterocycles. The number of nitrogens with one attached hydrogen (secondary N) is 1. The monoisotopic (exact) mass is 631 g/mol. The first kappa shape index (κ1) is 27.6. The maximum absolute atomic E-state index is 14.0. The minimum Gasteiger partial charge on any atom is -0.309 e. The van der Waals surface area contributed by atoms with Crippen molar-refractivity contribution in [2.24, 2.45) is 0 Å². The Hall–Kier alpha value is -4.59. The number of nitrogens with zero attached hydrogens (tertiary/aromatic N) is 2. The molecule has 1 N–H and O–H groups in total. The number of hydrogen-bond acceptors (Lipinski definition) is 3. The smallest absolute Gasteiger partial charge is 0.270 e. The summed E-state index contributed by atoms with van der Waals surface area (Å²) in [6.07, 6.45) is 1.68. The molecule has 2 amide bonds. The van der Waals surface area contributed by atoms with Gasteiger partial charge in [0.1, 0.15) is 5.57 Å². The van der Waals surface area contributed by atoms with Gasteiger partial charge in [-0.15, -0.1) is 0 Å². The van der Waals surface area contributed by atoms with Gasteiger partial charge in [-0.25, -0.2) is 0 Å². The number of amides is 2. The van der Waals surface area contributed by atoms with Gasteiger partial charge in [0.05, 0.1) is 17.1 Å². The summed E-state index contributed by atoms with van der Waals surface area (Å²) in [4.78, 5) is 28.7. The Kier molecular flexibility index (Phi) is 7.45. The van der Waals surface area contributed by atoms with Gasteiger partial charge in [0.2, 0.25) is 0 Å². The van der Waals surface area contributed by atoms with Crippen molar-refractivity contribution in [2.45, 2.75) is 13.8 Å². The quantitative estimate of drug-likeness (QED) is 0.121. The molecule has 1 aliphatic rings. The summed E-state index contributed by atoms with van der Waals surface area (Å²) in [5.74, 6) is -0.995. The molecule has 1 aromatic heterocycles. The van der Waals surface area contributed by atoms with Gasteiger partial charge in [-0.2, -0.15) is 0 Å². The molecule has 6 rings (SSSR count). The number of aromatic nitrogens is 1. The highest BCUT2D eigenvalue weighted by atomic mass is 79.9. The minimum atomic E-state index is -0.526. The Morgan fingerprint density at radius 1 is 0.738 bits per heavy atom. The van der Waals surface area contributed by atoms with Gasteiger partial charge in [0, 0.05) is 15.7 Å². The Balaban J connectivity index is 1.59. The molecule has 5 nitrogen and oxygen atoms in total. The molecule has 0 saturated carbocycles. The molecule has 2 heterocycles. The van der Waals surface area contributed by atoms with Crippen LogP contribution in [0, 0.1) is 13.8 Å². The molecular formula is C35H26BrN3O2S. The number of carbonyl (C=O) groups excluding carboxylic acids is 2. The van der Waals surface area contributed by atoms with E-state index in [2.05, 4.69) is 37.9 Å². The molecule has 4 aromatic carbocycles. The van der Waals surface area contributed by atoms with E-state index in [1.54, 1.807) is 6.08 Å². The molecule has 42 heavy (non-hydrogen) atoms. The molecule has 0 radical (unpaired) electrons. The van der Waals surface area contributed by atoms with Crippen molar-refractivity contribution in [1.82, 2.24) is 9.88 Å². The van der Waals surface area contributed by atoms with Crippen LogP contribution in [0.25, 0.3) is 34.3 Å². The third kappa shape index (κ3) is 5.13. The average Bonchev–Trinajstić information content (AvgIpc) is 3.37. The van der Waals surface area contributed by atoms with Crippen molar-refractivity contribution in [3.8, 4) is 28.2 Å². The van der Waals surface area contributed by atoms with E-state index in [1.165, 1.54) is 4.90 Å². The lowest BCUT2D eigenvalue weighted by molar-refractivity contribution is -0.122. The second-order valence-corrected chi connectivity index (χ2v) is 11.4. The van der Waals surface area contributed by atoms with Crippen LogP contribution in [0.15, 0.2) is 119 Å². The Bertz CT molecular complexity index is 1880. The summed E-state index contributed by atoms with van der Waals surface area (Å²) in [6.45, 7) is 3.99. The van der Waals surface area contributed by atoms with Crippen molar-refractivity contribution >= 4 is 56.8 Å². The number of aryl methyl sites for hydroxylation is 2. The van der Waals surface area contributed by atoms with E-state index < -0.39 is 11.8 Å². The highest BCUT2D eigenvalue weighted by Crippen LogP contribution is 2.38. The van der Waals surface area contributed by atoms with E-state index in [-0.39, 0.29) is 10.7 Å². The Morgan fingerprint density at radius 3 is 2.00 bits per heavy atom. The highest BCUT2D eigenvalue weighted by Gasteiger charge is 2.35. The van der Waals surface area contributed by atoms with Crippen LogP contribution < -0.4 is 10.2 Å². The zero-order chi connectivity index (χ0) is 29.4. The van der Waals surface area contributed by atoms with Crippen LogP contribution in [0.1, 0.15) is 16.7 Å². The van der Waals surface area contributed by atoms with Gasteiger partial charge in [-0.3, -0.25) is 19.8 Å². The van der Waals surface area contributed by atoms with E-state index in [1.807, 2.05) is 111 Å². The first-order valence-corrected chi connectivity index (χ1v) is 14.6. The number of anilines is 1. The van der Waals surface area contributed by atoms with Crippen molar-refractivity contribution in [2.75, 3.05) is 4.90 Å². The van der Waals surface area contributed by atoms with Crippen LogP contribution in [0.5, 0.6) is 0 Å². The number of halogens is 1. The summed E-state index contributed by atoms with van der Waals surface area (Å²) in [5, 5.41) is 2.79. The summed E-state index contributed by atoms with van der Waals surface area (Å²) in [6, 6.07) is 35.8. The van der Waals surface area contributed by atoms with Crippen LogP contribution in [-0.4, -0.2) is 21.5 Å². The minimum absolute atomic E-state index is 0.00609. The third-order valence-electron chi connectivity index (χ3n) is 7.38. The second-order valence-electron chi connectivity index (χ2n) is 10.1. The average molecular weight is 633 g/mol. The molecule has 7 heteroatoms. The lowest BCUT2D eigenvalue weighted by atomic mass is 10.0. The Morgan fingerprint density at radius 2 is 1.36 bits per heavy atom. The summed E-state index contributed by atoms with van der Waals surface area (Å²) in [5.41, 5.74) is 8.14. The van der Waals surface area contributed by atoms with Crippen molar-refractivity contribution in [3.63, 3.8) is 0 Å². The zero-order valence-corrected chi connectivity index (χ0v) is 25.4. The number of hydrogen-bond donors (Lipinski definition) is 1. The van der Waals surface area contributed by atoms with Gasteiger partial charge in [-0.1, -0.05) is 82.7 Å². The number of carbonyl (C=O) groups is 2. The molecule has 0 spiro atoms. The fourth-order valence-electron chi connectivity index (χ4n) is 5.12. The predicted octanol–water partition coefficient (Wildman–Crippen LogP) is 8.02. The molecule has 0 aliphatic carbocycles. The third-order valence-corrected chi connectivity index (χ3v) is 8.20. The molecule has 206 valence electrons. The van der Waals surface area contributed by atoms with Crippen LogP contribution in [0.2, 0.25) is 0 Å². The number of benzene rings is 4. The fraction of sp³-hybridized carbons (Fsp3) is 0.0571. The lowest BCUT2D eigenvalue weighted by Crippen LogP contribution is -2.54. The normalized spacial score (nSPS) is 14.4. The maximum atomic E-state index is 14.0. The standard InChI is InChI=1S/C35H26BrN3O2S/c1-22-13-16-29(19-23(22)2)39-34(41)30(33(40)37-35(39)42)20-26-21-31(24-9-5-3-6-10-24)38(28-17-14-27(36)15-18-28)32(26)25-11-7-4-8-12-25/h3-21H,1-2H3,(H,37,40,42). The highest BCUT2D eigenvalue weighted by molar-refractivity contribution is 9.10. The van der Waals surface area contributed by atoms with Crippen LogP contribution in [-0.2, 0) is 9.59 Å². The van der Waals surface area contributed by atoms with Gasteiger partial charge >= 0.3 is 0 Å². The molecule has 1 saturated heterocycles. The van der Waals surface area contributed by atoms with E-state index in [0.717, 1.165) is 49.4 Å². The molecule has 5 aromatic rings. The van der Waals surface area contributed by atoms with Crippen LogP contribution >= 0.6 is 28.1 Å². The number of thiocarbonyl (C=S) groups is 1. The Labute approximate surface area is 258 Å². The van der Waals surface area contributed by atoms with Crippen molar-refractivity contribution < 1.29 is 9.59 Å². The van der Waals surface area contributed by atoms with E-state index in [4.69, 9.17) is 12.2 Å². The largest absolute Gasteiger partial charge is 0.309 e. The van der Waals surface area contributed by atoms with Crippen LogP contribution in [0.4, 0.5) is 5.69 Å². The van der Waals surface area contributed by atoms with Gasteiger partial charge < -0.3 is 4.57 Å². The van der Waals surface area contributed by atoms with Gasteiger partial charge in [0.25, 0.3) is 11.8 Å². The molecule has 1 fully saturated rings. The summed E-state index contributed by atoms with van der Waals surface area (Å²) < 4.78 is 3.13. The SMILES string of the molecule is Cc1ccc(N2C(=O)C(=Cc3cc(-c4ccccc4)n(-c4ccc(Br)cc4)c3-c3ccccc3)C(=O)NC2=S)cc1C. The molecule has 0 bridgehead atoms. The fourth-order valence-corrected chi connectivity index (χ4v) is 5.67. The number of rotatable bonds is 5. The van der Waals surface area contributed by atoms with E-state index in [0.29, 0.717) is 5.69 Å². The first-order valence-electron chi connectivity index (χ1n) is 13.4. The molecular weight excluding hydrogens is 606 g/mol. The van der Waals surface area contributed by atoms with E-state index in [9.17, 15) is 9.59 Å². The summed E-state index contributed by atoms with van der Waals surface area (Å²) >= 11 is 9.01. The van der Waals surface area contributed by atoms with Crippen LogP contribution in [0.3, 0.4) is 0 Å². The predicted molar refractivity (Wildman–Crippen MR) is 176 cm³/mol. The van der Waals surface area contributed by atoms with Gasteiger partial charge in [-0.05, 0) is 96.9 Å².